The summed E-state index contributed by atoms with van der Waals surface area (Å²) in [4.78, 5) is 24.7. The van der Waals surface area contributed by atoms with Crippen LogP contribution in [0.1, 0.15) is 90.5 Å². The molecule has 0 radical (unpaired) electrons. The van der Waals surface area contributed by atoms with Crippen LogP contribution in [0.2, 0.25) is 0 Å². The van der Waals surface area contributed by atoms with Gasteiger partial charge in [0.15, 0.2) is 0 Å². The highest BCUT2D eigenvalue weighted by Crippen LogP contribution is 2.68. The Morgan fingerprint density at radius 1 is 0.975 bits per heavy atom. The minimum absolute atomic E-state index is 0.121. The number of amides is 1. The molecule has 0 spiro atoms. The average molecular weight is 556 g/mol. The van der Waals surface area contributed by atoms with Crippen molar-refractivity contribution >= 4 is 11.9 Å². The number of phenols is 1. The van der Waals surface area contributed by atoms with Crippen LogP contribution in [0.3, 0.4) is 0 Å². The van der Waals surface area contributed by atoms with Gasteiger partial charge in [-0.3, -0.25) is 4.79 Å². The Morgan fingerprint density at radius 3 is 2.35 bits per heavy atom. The van der Waals surface area contributed by atoms with Gasteiger partial charge in [0.25, 0.3) is 0 Å². The SMILES string of the molecule is CC(CCC(=O)NC(Cc1ccc(O)cc1)C(=O)O)[C@H]1CC[C@H]2[C@@H]3[C@@H](O)C[C@@H]4C[C@H](O)CC[C@]4(C)[C@H]3CC[C@]12C. The van der Waals surface area contributed by atoms with Gasteiger partial charge in [-0.15, -0.1) is 0 Å². The number of phenolic OH excluding ortho intramolecular Hbond substituents is 1. The van der Waals surface area contributed by atoms with E-state index in [9.17, 15) is 30.0 Å². The van der Waals surface area contributed by atoms with E-state index in [4.69, 9.17) is 0 Å². The Balaban J connectivity index is 1.19. The molecule has 7 nitrogen and oxygen atoms in total. The molecular formula is C33H49NO6. The van der Waals surface area contributed by atoms with Crippen LogP contribution in [0.4, 0.5) is 0 Å². The number of aliphatic hydroxyl groups is 2. The third-order valence-corrected chi connectivity index (χ3v) is 12.3. The van der Waals surface area contributed by atoms with E-state index in [0.29, 0.717) is 41.9 Å². The highest BCUT2D eigenvalue weighted by Gasteiger charge is 2.62. The third-order valence-electron chi connectivity index (χ3n) is 12.3. The second-order valence-electron chi connectivity index (χ2n) is 14.3. The largest absolute Gasteiger partial charge is 0.508 e. The van der Waals surface area contributed by atoms with E-state index in [2.05, 4.69) is 26.1 Å². The zero-order valence-electron chi connectivity index (χ0n) is 24.4. The lowest BCUT2D eigenvalue weighted by molar-refractivity contribution is -0.174. The number of hydrogen-bond donors (Lipinski definition) is 5. The van der Waals surface area contributed by atoms with Crippen molar-refractivity contribution in [3.63, 3.8) is 0 Å². The lowest BCUT2D eigenvalue weighted by Crippen LogP contribution is -2.58. The van der Waals surface area contributed by atoms with Crippen LogP contribution >= 0.6 is 0 Å². The molecule has 4 saturated carbocycles. The Hall–Kier alpha value is -2.12. The van der Waals surface area contributed by atoms with Gasteiger partial charge < -0.3 is 25.7 Å². The second-order valence-corrected chi connectivity index (χ2v) is 14.3. The van der Waals surface area contributed by atoms with E-state index in [1.54, 1.807) is 12.1 Å². The van der Waals surface area contributed by atoms with Crippen molar-refractivity contribution in [3.05, 3.63) is 29.8 Å². The fourth-order valence-electron chi connectivity index (χ4n) is 10.1. The van der Waals surface area contributed by atoms with Gasteiger partial charge in [-0.1, -0.05) is 32.9 Å². The first-order valence-electron chi connectivity index (χ1n) is 15.6. The van der Waals surface area contributed by atoms with Gasteiger partial charge in [0.1, 0.15) is 11.8 Å². The number of rotatable bonds is 8. The van der Waals surface area contributed by atoms with Gasteiger partial charge in [0.05, 0.1) is 12.2 Å². The number of carbonyl (C=O) groups is 2. The van der Waals surface area contributed by atoms with Gasteiger partial charge in [-0.2, -0.15) is 0 Å². The first-order chi connectivity index (χ1) is 18.9. The lowest BCUT2D eigenvalue weighted by Gasteiger charge is -2.62. The molecule has 1 aromatic carbocycles. The Morgan fingerprint density at radius 2 is 1.65 bits per heavy atom. The molecule has 7 heteroatoms. The van der Waals surface area contributed by atoms with Crippen LogP contribution in [-0.4, -0.2) is 50.6 Å². The molecule has 0 aromatic heterocycles. The number of carboxylic acids is 1. The van der Waals surface area contributed by atoms with E-state index < -0.39 is 12.0 Å². The molecule has 1 amide bonds. The van der Waals surface area contributed by atoms with Crippen molar-refractivity contribution in [2.75, 3.05) is 0 Å². The molecule has 11 atom stereocenters. The molecule has 2 unspecified atom stereocenters. The maximum absolute atomic E-state index is 12.8. The van der Waals surface area contributed by atoms with Crippen LogP contribution in [0, 0.1) is 46.3 Å². The van der Waals surface area contributed by atoms with Gasteiger partial charge in [-0.25, -0.2) is 4.79 Å². The standard InChI is InChI=1S/C33H49NO6/c1-19(4-11-29(38)34-27(31(39)40)16-20-5-7-22(35)8-6-20)24-9-10-25-30-26(13-15-33(24,25)3)32(2)14-12-23(36)17-21(32)18-28(30)37/h5-8,19,21,23-28,30,35-37H,4,9-18H2,1-3H3,(H,34,38)(H,39,40)/t19?,21-,23+,24+,25-,26-,27?,28-,30-,32-,33+/m0/s1. The van der Waals surface area contributed by atoms with Crippen molar-refractivity contribution in [2.45, 2.75) is 110 Å². The maximum atomic E-state index is 12.8. The van der Waals surface area contributed by atoms with E-state index in [1.807, 2.05) is 0 Å². The smallest absolute Gasteiger partial charge is 0.326 e. The minimum Gasteiger partial charge on any atom is -0.508 e. The minimum atomic E-state index is -1.06. The molecule has 5 rings (SSSR count). The topological polar surface area (TPSA) is 127 Å². The summed E-state index contributed by atoms with van der Waals surface area (Å²) in [5.74, 6) is 1.41. The normalized spacial score (nSPS) is 40.3. The quantitative estimate of drug-likeness (QED) is 0.310. The molecule has 4 fully saturated rings. The third kappa shape index (κ3) is 5.40. The predicted molar refractivity (Wildman–Crippen MR) is 152 cm³/mol. The summed E-state index contributed by atoms with van der Waals surface area (Å²) in [5, 5.41) is 43.7. The molecule has 0 heterocycles. The second kappa shape index (κ2) is 11.3. The molecule has 5 N–H and O–H groups in total. The van der Waals surface area contributed by atoms with E-state index in [0.717, 1.165) is 63.4 Å². The monoisotopic (exact) mass is 555 g/mol. The molecule has 222 valence electrons. The van der Waals surface area contributed by atoms with E-state index in [-0.39, 0.29) is 41.1 Å². The summed E-state index contributed by atoms with van der Waals surface area (Å²) in [7, 11) is 0. The zero-order valence-corrected chi connectivity index (χ0v) is 24.4. The number of aliphatic hydroxyl groups excluding tert-OH is 2. The average Bonchev–Trinajstić information content (AvgIpc) is 3.26. The van der Waals surface area contributed by atoms with Gasteiger partial charge >= 0.3 is 5.97 Å². The highest BCUT2D eigenvalue weighted by atomic mass is 16.4. The number of nitrogens with one attached hydrogen (secondary N) is 1. The van der Waals surface area contributed by atoms with Crippen molar-refractivity contribution < 1.29 is 30.0 Å². The summed E-state index contributed by atoms with van der Waals surface area (Å²) >= 11 is 0. The molecule has 40 heavy (non-hydrogen) atoms. The molecule has 1 aromatic rings. The first-order valence-corrected chi connectivity index (χ1v) is 15.6. The summed E-state index contributed by atoms with van der Waals surface area (Å²) < 4.78 is 0. The maximum Gasteiger partial charge on any atom is 0.326 e. The van der Waals surface area contributed by atoms with Crippen LogP contribution in [0.5, 0.6) is 5.75 Å². The molecule has 0 aliphatic heterocycles. The molecule has 4 aliphatic rings. The molecule has 0 saturated heterocycles. The van der Waals surface area contributed by atoms with Crippen LogP contribution in [0.25, 0.3) is 0 Å². The predicted octanol–water partition coefficient (Wildman–Crippen LogP) is 4.91. The fraction of sp³-hybridized carbons (Fsp3) is 0.758. The highest BCUT2D eigenvalue weighted by molar-refractivity contribution is 5.83. The molecular weight excluding hydrogens is 506 g/mol. The zero-order chi connectivity index (χ0) is 28.8. The van der Waals surface area contributed by atoms with E-state index >= 15 is 0 Å². The van der Waals surface area contributed by atoms with Crippen LogP contribution in [0.15, 0.2) is 24.3 Å². The van der Waals surface area contributed by atoms with Crippen LogP contribution < -0.4 is 5.32 Å². The summed E-state index contributed by atoms with van der Waals surface area (Å²) in [5.41, 5.74) is 1.11. The Labute approximate surface area is 238 Å². The molecule has 4 aliphatic carbocycles. The number of hydrogen-bond acceptors (Lipinski definition) is 5. The van der Waals surface area contributed by atoms with Crippen molar-refractivity contribution in [3.8, 4) is 5.75 Å². The van der Waals surface area contributed by atoms with Gasteiger partial charge in [0.2, 0.25) is 5.91 Å². The number of carbonyl (C=O) groups excluding carboxylic acids is 1. The van der Waals surface area contributed by atoms with Crippen molar-refractivity contribution in [1.29, 1.82) is 0 Å². The number of carboxylic acid groups (broad SMARTS) is 1. The first kappa shape index (κ1) is 29.4. The Kier molecular flexibility index (Phi) is 8.28. The summed E-state index contributed by atoms with van der Waals surface area (Å²) in [6, 6.07) is 5.38. The number of benzene rings is 1. The number of aromatic hydroxyl groups is 1. The lowest BCUT2D eigenvalue weighted by atomic mass is 9.43. The summed E-state index contributed by atoms with van der Waals surface area (Å²) in [6.45, 7) is 7.13. The van der Waals surface area contributed by atoms with Crippen LogP contribution in [-0.2, 0) is 16.0 Å². The summed E-state index contributed by atoms with van der Waals surface area (Å²) in [6.07, 6.45) is 8.82. The number of fused-ring (bicyclic) bond motifs is 5. The fourth-order valence-corrected chi connectivity index (χ4v) is 10.1. The van der Waals surface area contributed by atoms with Gasteiger partial charge in [0, 0.05) is 12.8 Å². The molecule has 0 bridgehead atoms. The number of aliphatic carboxylic acids is 1. The van der Waals surface area contributed by atoms with Crippen molar-refractivity contribution in [1.82, 2.24) is 5.32 Å². The van der Waals surface area contributed by atoms with Crippen molar-refractivity contribution in [2.24, 2.45) is 46.3 Å². The van der Waals surface area contributed by atoms with E-state index in [1.165, 1.54) is 12.1 Å². The Bertz CT molecular complexity index is 1080. The van der Waals surface area contributed by atoms with Gasteiger partial charge in [-0.05, 0) is 122 Å².